The summed E-state index contributed by atoms with van der Waals surface area (Å²) in [5.74, 6) is 0.900. The topological polar surface area (TPSA) is 38.5 Å². The van der Waals surface area contributed by atoms with Crippen LogP contribution in [0.5, 0.6) is 5.75 Å². The number of hydrogen-bond donors (Lipinski definition) is 1. The lowest BCUT2D eigenvalue weighted by molar-refractivity contribution is 0.114. The molecule has 1 aromatic rings. The van der Waals surface area contributed by atoms with Crippen molar-refractivity contribution in [2.45, 2.75) is 45.6 Å². The van der Waals surface area contributed by atoms with Gasteiger partial charge in [-0.25, -0.2) is 0 Å². The lowest BCUT2D eigenvalue weighted by Crippen LogP contribution is -2.39. The monoisotopic (exact) mass is 276 g/mol. The zero-order valence-corrected chi connectivity index (χ0v) is 13.1. The maximum atomic E-state index is 5.77. The Balaban J connectivity index is 1.70. The minimum absolute atomic E-state index is 0.539. The highest BCUT2D eigenvalue weighted by Gasteiger charge is 2.28. The highest BCUT2D eigenvalue weighted by molar-refractivity contribution is 5.41. The smallest absolute Gasteiger partial charge is 0.119 e. The molecule has 3 nitrogen and oxygen atoms in total. The second-order valence-corrected chi connectivity index (χ2v) is 6.79. The van der Waals surface area contributed by atoms with Crippen molar-refractivity contribution in [2.24, 2.45) is 5.41 Å². The van der Waals surface area contributed by atoms with Crippen molar-refractivity contribution >= 4 is 5.69 Å². The highest BCUT2D eigenvalue weighted by atomic mass is 16.5. The molecule has 1 saturated carbocycles. The van der Waals surface area contributed by atoms with Gasteiger partial charge in [-0.05, 0) is 62.4 Å². The van der Waals surface area contributed by atoms with Crippen LogP contribution in [0.15, 0.2) is 24.3 Å². The summed E-state index contributed by atoms with van der Waals surface area (Å²) in [6.07, 6.45) is 5.29. The average Bonchev–Trinajstić information content (AvgIpc) is 2.41. The van der Waals surface area contributed by atoms with Crippen LogP contribution in [-0.2, 0) is 0 Å². The first-order valence-electron chi connectivity index (χ1n) is 7.65. The molecule has 1 aliphatic carbocycles. The Morgan fingerprint density at radius 2 is 1.80 bits per heavy atom. The predicted octanol–water partition coefficient (Wildman–Crippen LogP) is 3.55. The molecule has 0 spiro atoms. The average molecular weight is 276 g/mol. The fourth-order valence-electron chi connectivity index (χ4n) is 2.88. The van der Waals surface area contributed by atoms with Crippen molar-refractivity contribution in [3.63, 3.8) is 0 Å². The molecule has 0 aliphatic heterocycles. The molecule has 2 N–H and O–H groups in total. The molecule has 1 aliphatic rings. The molecule has 2 rings (SSSR count). The quantitative estimate of drug-likeness (QED) is 0.836. The number of nitrogens with two attached hydrogens (primary N) is 1. The van der Waals surface area contributed by atoms with Gasteiger partial charge in [0.2, 0.25) is 0 Å². The summed E-state index contributed by atoms with van der Waals surface area (Å²) in [6, 6.07) is 8.33. The van der Waals surface area contributed by atoms with Gasteiger partial charge < -0.3 is 15.4 Å². The second kappa shape index (κ2) is 6.49. The van der Waals surface area contributed by atoms with Gasteiger partial charge in [0.15, 0.2) is 0 Å². The Labute approximate surface area is 123 Å². The molecule has 3 heteroatoms. The van der Waals surface area contributed by atoms with E-state index in [1.807, 2.05) is 24.3 Å². The fourth-order valence-corrected chi connectivity index (χ4v) is 2.88. The SMILES string of the molecule is CN(CCOc1ccc(N)cc1)C1CCC(C)(C)CC1. The van der Waals surface area contributed by atoms with E-state index in [0.29, 0.717) is 5.41 Å². The van der Waals surface area contributed by atoms with E-state index in [-0.39, 0.29) is 0 Å². The number of ether oxygens (including phenoxy) is 1. The molecule has 0 saturated heterocycles. The van der Waals surface area contributed by atoms with Crippen LogP contribution in [0.1, 0.15) is 39.5 Å². The van der Waals surface area contributed by atoms with Crippen molar-refractivity contribution < 1.29 is 4.74 Å². The maximum Gasteiger partial charge on any atom is 0.119 e. The maximum absolute atomic E-state index is 5.77. The van der Waals surface area contributed by atoms with E-state index in [2.05, 4.69) is 25.8 Å². The predicted molar refractivity (Wildman–Crippen MR) is 85.0 cm³/mol. The molecule has 112 valence electrons. The molecule has 0 atom stereocenters. The number of anilines is 1. The van der Waals surface area contributed by atoms with Crippen LogP contribution >= 0.6 is 0 Å². The largest absolute Gasteiger partial charge is 0.492 e. The summed E-state index contributed by atoms with van der Waals surface area (Å²) in [5, 5.41) is 0. The van der Waals surface area contributed by atoms with Gasteiger partial charge in [0.05, 0.1) is 0 Å². The van der Waals surface area contributed by atoms with E-state index >= 15 is 0 Å². The van der Waals surface area contributed by atoms with Crippen LogP contribution in [0.25, 0.3) is 0 Å². The molecule has 1 fully saturated rings. The zero-order valence-electron chi connectivity index (χ0n) is 13.1. The molecule has 20 heavy (non-hydrogen) atoms. The molecule has 0 aromatic heterocycles. The van der Waals surface area contributed by atoms with E-state index < -0.39 is 0 Å². The number of benzene rings is 1. The summed E-state index contributed by atoms with van der Waals surface area (Å²) < 4.78 is 5.77. The fraction of sp³-hybridized carbons (Fsp3) is 0.647. The number of likely N-dealkylation sites (N-methyl/N-ethyl adjacent to an activating group) is 1. The van der Waals surface area contributed by atoms with Gasteiger partial charge in [-0.2, -0.15) is 0 Å². The van der Waals surface area contributed by atoms with Crippen molar-refractivity contribution in [1.82, 2.24) is 4.90 Å². The number of rotatable bonds is 5. The number of nitrogens with zero attached hydrogens (tertiary/aromatic N) is 1. The first-order valence-corrected chi connectivity index (χ1v) is 7.65. The molecule has 0 unspecified atom stereocenters. The van der Waals surface area contributed by atoms with Crippen molar-refractivity contribution in [3.8, 4) is 5.75 Å². The van der Waals surface area contributed by atoms with Gasteiger partial charge in [0.1, 0.15) is 12.4 Å². The van der Waals surface area contributed by atoms with Crippen molar-refractivity contribution in [1.29, 1.82) is 0 Å². The van der Waals surface area contributed by atoms with Gasteiger partial charge in [-0.3, -0.25) is 0 Å². The van der Waals surface area contributed by atoms with Crippen molar-refractivity contribution in [2.75, 3.05) is 25.9 Å². The van der Waals surface area contributed by atoms with E-state index in [1.165, 1.54) is 25.7 Å². The van der Waals surface area contributed by atoms with Crippen LogP contribution < -0.4 is 10.5 Å². The van der Waals surface area contributed by atoms with E-state index in [4.69, 9.17) is 10.5 Å². The van der Waals surface area contributed by atoms with E-state index in [9.17, 15) is 0 Å². The summed E-state index contributed by atoms with van der Waals surface area (Å²) in [4.78, 5) is 2.45. The van der Waals surface area contributed by atoms with Crippen LogP contribution in [-0.4, -0.2) is 31.1 Å². The zero-order chi connectivity index (χ0) is 14.6. The number of nitrogen functional groups attached to an aromatic ring is 1. The molecule has 0 radical (unpaired) electrons. The molecule has 1 aromatic carbocycles. The molecule has 0 bridgehead atoms. The molecular weight excluding hydrogens is 248 g/mol. The van der Waals surface area contributed by atoms with Gasteiger partial charge >= 0.3 is 0 Å². The Morgan fingerprint density at radius 1 is 1.20 bits per heavy atom. The number of hydrogen-bond acceptors (Lipinski definition) is 3. The Kier molecular flexibility index (Phi) is 4.92. The highest BCUT2D eigenvalue weighted by Crippen LogP contribution is 2.36. The third kappa shape index (κ3) is 4.41. The first kappa shape index (κ1) is 15.2. The van der Waals surface area contributed by atoms with Crippen molar-refractivity contribution in [3.05, 3.63) is 24.3 Å². The first-order chi connectivity index (χ1) is 9.46. The lowest BCUT2D eigenvalue weighted by Gasteiger charge is -2.38. The van der Waals surface area contributed by atoms with Gasteiger partial charge in [-0.15, -0.1) is 0 Å². The molecular formula is C17H28N2O. The Bertz CT molecular complexity index is 404. The Morgan fingerprint density at radius 3 is 2.40 bits per heavy atom. The standard InChI is InChI=1S/C17H28N2O/c1-17(2)10-8-15(9-11-17)19(3)12-13-20-16-6-4-14(18)5-7-16/h4-7,15H,8-13,18H2,1-3H3. The van der Waals surface area contributed by atoms with E-state index in [1.54, 1.807) is 0 Å². The van der Waals surface area contributed by atoms with Crippen LogP contribution in [0, 0.1) is 5.41 Å². The van der Waals surface area contributed by atoms with Crippen LogP contribution in [0.2, 0.25) is 0 Å². The minimum atomic E-state index is 0.539. The third-order valence-electron chi connectivity index (χ3n) is 4.52. The summed E-state index contributed by atoms with van der Waals surface area (Å²) in [5.41, 5.74) is 6.98. The minimum Gasteiger partial charge on any atom is -0.492 e. The van der Waals surface area contributed by atoms with Crippen LogP contribution in [0.4, 0.5) is 5.69 Å². The van der Waals surface area contributed by atoms with E-state index in [0.717, 1.165) is 30.6 Å². The second-order valence-electron chi connectivity index (χ2n) is 6.79. The third-order valence-corrected chi connectivity index (χ3v) is 4.52. The molecule has 0 amide bonds. The van der Waals surface area contributed by atoms with Gasteiger partial charge in [0, 0.05) is 18.3 Å². The summed E-state index contributed by atoms with van der Waals surface area (Å²) >= 11 is 0. The lowest BCUT2D eigenvalue weighted by atomic mass is 9.75. The normalized spacial score (nSPS) is 19.2. The summed E-state index contributed by atoms with van der Waals surface area (Å²) in [7, 11) is 2.22. The van der Waals surface area contributed by atoms with Gasteiger partial charge in [0.25, 0.3) is 0 Å². The summed E-state index contributed by atoms with van der Waals surface area (Å²) in [6.45, 7) is 6.48. The van der Waals surface area contributed by atoms with Gasteiger partial charge in [-0.1, -0.05) is 13.8 Å². The Hall–Kier alpha value is -1.22. The molecule has 0 heterocycles. The van der Waals surface area contributed by atoms with Crippen LogP contribution in [0.3, 0.4) is 0 Å².